The van der Waals surface area contributed by atoms with Gasteiger partial charge >= 0.3 is 0 Å². The Morgan fingerprint density at radius 2 is 2.00 bits per heavy atom. The van der Waals surface area contributed by atoms with Crippen LogP contribution in [0.25, 0.3) is 0 Å². The third-order valence-electron chi connectivity index (χ3n) is 5.72. The number of rotatable bonds is 8. The Kier molecular flexibility index (Phi) is 11.7. The predicted octanol–water partition coefficient (Wildman–Crippen LogP) is 3.84. The molecule has 176 valence electrons. The molecule has 1 aromatic rings. The molecule has 2 saturated heterocycles. The normalized spacial score (nSPS) is 20.2. The number of ether oxygens (including phenoxy) is 4. The second kappa shape index (κ2) is 14.0. The minimum Gasteiger partial charge on any atom is -0.493 e. The minimum atomic E-state index is 0. The van der Waals surface area contributed by atoms with Gasteiger partial charge in [-0.25, -0.2) is 0 Å². The quantitative estimate of drug-likeness (QED) is 0.303. The smallest absolute Gasteiger partial charge is 0.193 e. The van der Waals surface area contributed by atoms with Crippen molar-refractivity contribution in [2.45, 2.75) is 57.8 Å². The summed E-state index contributed by atoms with van der Waals surface area (Å²) in [6.07, 6.45) is 6.22. The third-order valence-corrected chi connectivity index (χ3v) is 5.72. The zero-order chi connectivity index (χ0) is 21.2. The van der Waals surface area contributed by atoms with E-state index in [1.54, 1.807) is 7.11 Å². The monoisotopic (exact) mass is 547 g/mol. The highest BCUT2D eigenvalue weighted by molar-refractivity contribution is 14.0. The first-order valence-electron chi connectivity index (χ1n) is 11.2. The molecule has 2 aliphatic rings. The highest BCUT2D eigenvalue weighted by Crippen LogP contribution is 2.28. The maximum atomic E-state index is 6.13. The van der Waals surface area contributed by atoms with E-state index in [-0.39, 0.29) is 30.1 Å². The first kappa shape index (κ1) is 26.0. The van der Waals surface area contributed by atoms with E-state index >= 15 is 0 Å². The third kappa shape index (κ3) is 7.98. The van der Waals surface area contributed by atoms with Gasteiger partial charge in [-0.3, -0.25) is 4.99 Å². The molecule has 0 amide bonds. The molecule has 2 fully saturated rings. The van der Waals surface area contributed by atoms with Gasteiger partial charge in [-0.1, -0.05) is 6.07 Å². The van der Waals surface area contributed by atoms with Crippen LogP contribution >= 0.6 is 24.0 Å². The Morgan fingerprint density at radius 3 is 2.65 bits per heavy atom. The van der Waals surface area contributed by atoms with E-state index in [1.807, 2.05) is 26.1 Å². The average Bonchev–Trinajstić information content (AvgIpc) is 2.80. The molecule has 1 unspecified atom stereocenters. The van der Waals surface area contributed by atoms with Crippen molar-refractivity contribution < 1.29 is 18.9 Å². The molecular weight excluding hydrogens is 509 g/mol. The van der Waals surface area contributed by atoms with Gasteiger partial charge in [0.2, 0.25) is 0 Å². The average molecular weight is 547 g/mol. The van der Waals surface area contributed by atoms with E-state index in [0.29, 0.717) is 19.3 Å². The summed E-state index contributed by atoms with van der Waals surface area (Å²) in [6, 6.07) is 6.03. The van der Waals surface area contributed by atoms with E-state index in [9.17, 15) is 0 Å². The molecule has 2 heterocycles. The number of hydrogen-bond acceptors (Lipinski definition) is 5. The highest BCUT2D eigenvalue weighted by atomic mass is 127. The predicted molar refractivity (Wildman–Crippen MR) is 134 cm³/mol. The Morgan fingerprint density at radius 1 is 1.19 bits per heavy atom. The number of likely N-dealkylation sites (tertiary alicyclic amines) is 1. The summed E-state index contributed by atoms with van der Waals surface area (Å²) in [5.41, 5.74) is 1.13. The summed E-state index contributed by atoms with van der Waals surface area (Å²) in [7, 11) is 3.50. The van der Waals surface area contributed by atoms with Crippen molar-refractivity contribution in [3.05, 3.63) is 23.8 Å². The molecule has 0 radical (unpaired) electrons. The van der Waals surface area contributed by atoms with Gasteiger partial charge in [0.1, 0.15) is 0 Å². The van der Waals surface area contributed by atoms with E-state index in [0.717, 1.165) is 68.6 Å². The minimum absolute atomic E-state index is 0. The summed E-state index contributed by atoms with van der Waals surface area (Å²) in [5, 5.41) is 3.48. The van der Waals surface area contributed by atoms with Gasteiger partial charge in [-0.2, -0.15) is 0 Å². The molecule has 0 saturated carbocycles. The van der Waals surface area contributed by atoms with Crippen molar-refractivity contribution >= 4 is 29.9 Å². The van der Waals surface area contributed by atoms with Crippen molar-refractivity contribution in [3.8, 4) is 11.5 Å². The van der Waals surface area contributed by atoms with Crippen LogP contribution in [0.15, 0.2) is 23.2 Å². The molecule has 0 aliphatic carbocycles. The van der Waals surface area contributed by atoms with E-state index in [1.165, 1.54) is 12.8 Å². The summed E-state index contributed by atoms with van der Waals surface area (Å²) in [6.45, 7) is 6.78. The lowest BCUT2D eigenvalue weighted by Gasteiger charge is -2.35. The molecule has 1 aromatic carbocycles. The topological polar surface area (TPSA) is 64.6 Å². The lowest BCUT2D eigenvalue weighted by molar-refractivity contribution is -0.0721. The Bertz CT molecular complexity index is 675. The van der Waals surface area contributed by atoms with Gasteiger partial charge in [-0.05, 0) is 56.7 Å². The van der Waals surface area contributed by atoms with E-state index in [4.69, 9.17) is 18.9 Å². The highest BCUT2D eigenvalue weighted by Gasteiger charge is 2.23. The van der Waals surface area contributed by atoms with Crippen LogP contribution in [-0.2, 0) is 16.0 Å². The molecular formula is C23H38IN3O4. The number of nitrogens with zero attached hydrogens (tertiary/aromatic N) is 2. The fourth-order valence-corrected chi connectivity index (χ4v) is 4.03. The first-order valence-corrected chi connectivity index (χ1v) is 11.2. The van der Waals surface area contributed by atoms with Crippen LogP contribution in [0, 0.1) is 0 Å². The lowest BCUT2D eigenvalue weighted by atomic mass is 10.1. The first-order chi connectivity index (χ1) is 14.7. The molecule has 2 aliphatic heterocycles. The fourth-order valence-electron chi connectivity index (χ4n) is 4.03. The second-order valence-corrected chi connectivity index (χ2v) is 7.83. The van der Waals surface area contributed by atoms with Crippen LogP contribution in [0.5, 0.6) is 11.5 Å². The molecule has 1 atom stereocenters. The number of benzene rings is 1. The molecule has 0 spiro atoms. The fraction of sp³-hybridized carbons (Fsp3) is 0.696. The van der Waals surface area contributed by atoms with E-state index in [2.05, 4.69) is 21.3 Å². The summed E-state index contributed by atoms with van der Waals surface area (Å²) >= 11 is 0. The number of guanidine groups is 1. The van der Waals surface area contributed by atoms with Gasteiger partial charge < -0.3 is 29.2 Å². The van der Waals surface area contributed by atoms with Crippen LogP contribution in [0.1, 0.15) is 44.6 Å². The molecule has 1 N–H and O–H groups in total. The van der Waals surface area contributed by atoms with Gasteiger partial charge in [0, 0.05) is 33.3 Å². The zero-order valence-electron chi connectivity index (χ0n) is 19.1. The van der Waals surface area contributed by atoms with Crippen molar-refractivity contribution in [2.75, 3.05) is 47.1 Å². The van der Waals surface area contributed by atoms with Crippen molar-refractivity contribution in [1.29, 1.82) is 0 Å². The largest absolute Gasteiger partial charge is 0.493 e. The molecule has 3 rings (SSSR count). The number of nitrogens with one attached hydrogen (secondary N) is 1. The molecule has 0 aromatic heterocycles. The summed E-state index contributed by atoms with van der Waals surface area (Å²) < 4.78 is 23.0. The molecule has 8 heteroatoms. The number of aliphatic imine (C=N–C) groups is 1. The van der Waals surface area contributed by atoms with Gasteiger partial charge in [0.05, 0.1) is 32.5 Å². The number of halogens is 1. The Balaban J connectivity index is 0.00000341. The van der Waals surface area contributed by atoms with Crippen LogP contribution in [-0.4, -0.2) is 70.1 Å². The van der Waals surface area contributed by atoms with Crippen molar-refractivity contribution in [2.24, 2.45) is 4.99 Å². The second-order valence-electron chi connectivity index (χ2n) is 7.83. The van der Waals surface area contributed by atoms with Crippen LogP contribution in [0.3, 0.4) is 0 Å². The van der Waals surface area contributed by atoms with Crippen LogP contribution < -0.4 is 14.8 Å². The molecule has 7 nitrogen and oxygen atoms in total. The standard InChI is InChI=1S/C23H37N3O4.HI/c1-4-28-21-9-8-18(15-22(21)27-3)16-25-23(24-2)26-12-10-19(11-13-26)30-17-20-7-5-6-14-29-20;/h8-9,15,19-20H,4-7,10-14,16-17H2,1-3H3,(H,24,25);1H. The number of methoxy groups -OCH3 is 1. The van der Waals surface area contributed by atoms with Gasteiger partial charge in [-0.15, -0.1) is 24.0 Å². The SMILES string of the molecule is CCOc1ccc(CNC(=NC)N2CCC(OCC3CCCCO3)CC2)cc1OC.I. The Hall–Kier alpha value is -1.26. The van der Waals surface area contributed by atoms with Gasteiger partial charge in [0.15, 0.2) is 17.5 Å². The summed E-state index contributed by atoms with van der Waals surface area (Å²) in [4.78, 5) is 6.78. The maximum Gasteiger partial charge on any atom is 0.193 e. The Labute approximate surface area is 203 Å². The summed E-state index contributed by atoms with van der Waals surface area (Å²) in [5.74, 6) is 2.46. The zero-order valence-corrected chi connectivity index (χ0v) is 21.4. The maximum absolute atomic E-state index is 6.13. The van der Waals surface area contributed by atoms with Crippen molar-refractivity contribution in [1.82, 2.24) is 10.2 Å². The molecule has 0 bridgehead atoms. The van der Waals surface area contributed by atoms with Crippen molar-refractivity contribution in [3.63, 3.8) is 0 Å². The number of piperidine rings is 1. The molecule has 31 heavy (non-hydrogen) atoms. The van der Waals surface area contributed by atoms with Crippen LogP contribution in [0.4, 0.5) is 0 Å². The van der Waals surface area contributed by atoms with E-state index < -0.39 is 0 Å². The van der Waals surface area contributed by atoms with Crippen LogP contribution in [0.2, 0.25) is 0 Å². The lowest BCUT2D eigenvalue weighted by Crippen LogP contribution is -2.47. The number of hydrogen-bond donors (Lipinski definition) is 1. The van der Waals surface area contributed by atoms with Gasteiger partial charge in [0.25, 0.3) is 0 Å².